The molecule has 1 aliphatic heterocycles. The molecule has 2 N–H and O–H groups in total. The molecule has 110 valence electrons. The largest absolute Gasteiger partial charge is 0.396 e. The first-order chi connectivity index (χ1) is 9.67. The molecule has 1 aromatic rings. The zero-order valence-electron chi connectivity index (χ0n) is 11.4. The quantitative estimate of drug-likeness (QED) is 0.613. The van der Waals surface area contributed by atoms with E-state index >= 15 is 0 Å². The fraction of sp³-hybridized carbons (Fsp3) is 0.571. The molecule has 1 saturated heterocycles. The van der Waals surface area contributed by atoms with Crippen LogP contribution in [0.5, 0.6) is 0 Å². The maximum absolute atomic E-state index is 11.2. The van der Waals surface area contributed by atoms with Crippen LogP contribution in [0.1, 0.15) is 31.2 Å². The molecule has 1 aliphatic rings. The van der Waals surface area contributed by atoms with Crippen LogP contribution in [-0.2, 0) is 6.61 Å². The molecule has 20 heavy (non-hydrogen) atoms. The van der Waals surface area contributed by atoms with E-state index in [4.69, 9.17) is 10.2 Å². The van der Waals surface area contributed by atoms with E-state index in [9.17, 15) is 10.1 Å². The van der Waals surface area contributed by atoms with Crippen molar-refractivity contribution in [2.75, 3.05) is 18.1 Å². The summed E-state index contributed by atoms with van der Waals surface area (Å²) in [5.41, 5.74) is 1.21. The van der Waals surface area contributed by atoms with E-state index in [1.807, 2.05) is 0 Å². The third-order valence-electron chi connectivity index (χ3n) is 3.80. The molecular formula is C14H20N2O4. The highest BCUT2D eigenvalue weighted by Gasteiger charge is 2.29. The molecular weight excluding hydrogens is 260 g/mol. The lowest BCUT2D eigenvalue weighted by Gasteiger charge is -2.26. The Kier molecular flexibility index (Phi) is 4.92. The van der Waals surface area contributed by atoms with Crippen LogP contribution in [0.4, 0.5) is 11.4 Å². The van der Waals surface area contributed by atoms with Crippen molar-refractivity contribution in [3.8, 4) is 0 Å². The Balaban J connectivity index is 2.28. The molecule has 0 saturated carbocycles. The maximum atomic E-state index is 11.2. The molecule has 1 atom stereocenters. The normalized spacial score (nSPS) is 18.5. The van der Waals surface area contributed by atoms with Gasteiger partial charge in [-0.1, -0.05) is 6.07 Å². The Bertz CT molecular complexity index is 478. The lowest BCUT2D eigenvalue weighted by molar-refractivity contribution is -0.384. The summed E-state index contributed by atoms with van der Waals surface area (Å²) in [6.45, 7) is 0.750. The minimum atomic E-state index is -0.393. The van der Waals surface area contributed by atoms with Gasteiger partial charge in [0, 0.05) is 25.3 Å². The van der Waals surface area contributed by atoms with Gasteiger partial charge in [0.25, 0.3) is 5.69 Å². The van der Waals surface area contributed by atoms with Gasteiger partial charge in [-0.2, -0.15) is 0 Å². The Morgan fingerprint density at radius 2 is 2.20 bits per heavy atom. The van der Waals surface area contributed by atoms with Crippen molar-refractivity contribution in [1.29, 1.82) is 0 Å². The number of nitro groups is 1. The lowest BCUT2D eigenvalue weighted by Crippen LogP contribution is -2.30. The molecule has 1 fully saturated rings. The summed E-state index contributed by atoms with van der Waals surface area (Å²) >= 11 is 0. The summed E-state index contributed by atoms with van der Waals surface area (Å²) in [5, 5.41) is 29.3. The summed E-state index contributed by atoms with van der Waals surface area (Å²) in [6.07, 6.45) is 3.56. The standard InChI is InChI=1S/C14H20N2O4/c17-8-2-4-12-3-1-7-15(12)13-6-5-11(10-18)9-14(13)16(19)20/h5-6,9,12,17-18H,1-4,7-8,10H2. The first kappa shape index (κ1) is 14.7. The predicted molar refractivity (Wildman–Crippen MR) is 75.7 cm³/mol. The fourth-order valence-corrected chi connectivity index (χ4v) is 2.84. The van der Waals surface area contributed by atoms with E-state index in [2.05, 4.69) is 4.90 Å². The van der Waals surface area contributed by atoms with Gasteiger partial charge in [0.05, 0.1) is 11.5 Å². The SMILES string of the molecule is O=[N+]([O-])c1cc(CO)ccc1N1CCCC1CCCO. The molecule has 1 heterocycles. The second-order valence-electron chi connectivity index (χ2n) is 5.09. The van der Waals surface area contributed by atoms with Gasteiger partial charge in [-0.3, -0.25) is 10.1 Å². The first-order valence-corrected chi connectivity index (χ1v) is 6.93. The third kappa shape index (κ3) is 3.08. The van der Waals surface area contributed by atoms with E-state index in [1.54, 1.807) is 12.1 Å². The average Bonchev–Trinajstić information content (AvgIpc) is 2.92. The van der Waals surface area contributed by atoms with Crippen molar-refractivity contribution in [2.24, 2.45) is 0 Å². The van der Waals surface area contributed by atoms with Crippen LogP contribution in [0, 0.1) is 10.1 Å². The minimum Gasteiger partial charge on any atom is -0.396 e. The van der Waals surface area contributed by atoms with Gasteiger partial charge in [-0.25, -0.2) is 0 Å². The van der Waals surface area contributed by atoms with E-state index in [1.165, 1.54) is 6.07 Å². The van der Waals surface area contributed by atoms with Crippen molar-refractivity contribution < 1.29 is 15.1 Å². The molecule has 1 aromatic carbocycles. The molecule has 2 rings (SSSR count). The van der Waals surface area contributed by atoms with E-state index in [0.717, 1.165) is 25.8 Å². The zero-order valence-corrected chi connectivity index (χ0v) is 11.4. The zero-order chi connectivity index (χ0) is 14.5. The van der Waals surface area contributed by atoms with Crippen LogP contribution >= 0.6 is 0 Å². The minimum absolute atomic E-state index is 0.0486. The van der Waals surface area contributed by atoms with E-state index in [0.29, 0.717) is 17.7 Å². The van der Waals surface area contributed by atoms with Gasteiger partial charge in [0.1, 0.15) is 5.69 Å². The number of rotatable bonds is 6. The van der Waals surface area contributed by atoms with Crippen molar-refractivity contribution >= 4 is 11.4 Å². The number of aliphatic hydroxyl groups is 2. The molecule has 0 bridgehead atoms. The van der Waals surface area contributed by atoms with E-state index < -0.39 is 4.92 Å². The Morgan fingerprint density at radius 3 is 2.85 bits per heavy atom. The molecule has 6 heteroatoms. The van der Waals surface area contributed by atoms with Crippen LogP contribution in [-0.4, -0.2) is 34.3 Å². The Hall–Kier alpha value is -1.66. The van der Waals surface area contributed by atoms with Gasteiger partial charge >= 0.3 is 0 Å². The predicted octanol–water partition coefficient (Wildman–Crippen LogP) is 1.83. The Labute approximate surface area is 117 Å². The summed E-state index contributed by atoms with van der Waals surface area (Å²) in [5.74, 6) is 0. The molecule has 1 unspecified atom stereocenters. The number of hydrogen-bond acceptors (Lipinski definition) is 5. The molecule has 0 amide bonds. The Morgan fingerprint density at radius 1 is 1.40 bits per heavy atom. The average molecular weight is 280 g/mol. The second kappa shape index (κ2) is 6.67. The second-order valence-corrected chi connectivity index (χ2v) is 5.09. The summed E-state index contributed by atoms with van der Waals surface area (Å²) < 4.78 is 0. The topological polar surface area (TPSA) is 86.8 Å². The summed E-state index contributed by atoms with van der Waals surface area (Å²) in [7, 11) is 0. The van der Waals surface area contributed by atoms with Crippen LogP contribution in [0.25, 0.3) is 0 Å². The van der Waals surface area contributed by atoms with Crippen molar-refractivity contribution in [3.05, 3.63) is 33.9 Å². The highest BCUT2D eigenvalue weighted by atomic mass is 16.6. The van der Waals surface area contributed by atoms with Crippen LogP contribution < -0.4 is 4.90 Å². The summed E-state index contributed by atoms with van der Waals surface area (Å²) in [6, 6.07) is 5.14. The van der Waals surface area contributed by atoms with Gasteiger partial charge in [0.15, 0.2) is 0 Å². The van der Waals surface area contributed by atoms with E-state index in [-0.39, 0.29) is 24.9 Å². The van der Waals surface area contributed by atoms with Gasteiger partial charge in [-0.15, -0.1) is 0 Å². The molecule has 6 nitrogen and oxygen atoms in total. The lowest BCUT2D eigenvalue weighted by atomic mass is 10.1. The number of aliphatic hydroxyl groups excluding tert-OH is 2. The highest BCUT2D eigenvalue weighted by molar-refractivity contribution is 5.65. The third-order valence-corrected chi connectivity index (χ3v) is 3.80. The molecule has 0 aromatic heterocycles. The molecule has 0 radical (unpaired) electrons. The van der Waals surface area contributed by atoms with Gasteiger partial charge < -0.3 is 15.1 Å². The maximum Gasteiger partial charge on any atom is 0.292 e. The van der Waals surface area contributed by atoms with Crippen molar-refractivity contribution in [2.45, 2.75) is 38.3 Å². The monoisotopic (exact) mass is 280 g/mol. The van der Waals surface area contributed by atoms with Crippen LogP contribution in [0.2, 0.25) is 0 Å². The molecule has 0 spiro atoms. The first-order valence-electron chi connectivity index (χ1n) is 6.93. The molecule has 0 aliphatic carbocycles. The van der Waals surface area contributed by atoms with Crippen LogP contribution in [0.15, 0.2) is 18.2 Å². The summed E-state index contributed by atoms with van der Waals surface area (Å²) in [4.78, 5) is 12.9. The number of anilines is 1. The number of nitrogens with zero attached hydrogens (tertiary/aromatic N) is 2. The van der Waals surface area contributed by atoms with Crippen molar-refractivity contribution in [1.82, 2.24) is 0 Å². The van der Waals surface area contributed by atoms with Crippen LogP contribution in [0.3, 0.4) is 0 Å². The number of benzene rings is 1. The number of nitro benzene ring substituents is 1. The number of hydrogen-bond donors (Lipinski definition) is 2. The van der Waals surface area contributed by atoms with Crippen molar-refractivity contribution in [3.63, 3.8) is 0 Å². The smallest absolute Gasteiger partial charge is 0.292 e. The fourth-order valence-electron chi connectivity index (χ4n) is 2.84. The highest BCUT2D eigenvalue weighted by Crippen LogP contribution is 2.35. The van der Waals surface area contributed by atoms with Gasteiger partial charge in [-0.05, 0) is 37.3 Å². The van der Waals surface area contributed by atoms with Gasteiger partial charge in [0.2, 0.25) is 0 Å².